The minimum absolute atomic E-state index is 0.0745. The molecule has 0 saturated heterocycles. The van der Waals surface area contributed by atoms with Gasteiger partial charge in [0.1, 0.15) is 0 Å². The van der Waals surface area contributed by atoms with Gasteiger partial charge in [-0.05, 0) is 50.0 Å². The second kappa shape index (κ2) is 7.79. The average Bonchev–Trinajstić information content (AvgIpc) is 2.38. The Morgan fingerprint density at radius 1 is 1.40 bits per heavy atom. The summed E-state index contributed by atoms with van der Waals surface area (Å²) in [6.45, 7) is 3.62. The van der Waals surface area contributed by atoms with Crippen LogP contribution in [-0.4, -0.2) is 35.2 Å². The maximum Gasteiger partial charge on any atom is 0.336 e. The van der Waals surface area contributed by atoms with Gasteiger partial charge in [0, 0.05) is 11.7 Å². The van der Waals surface area contributed by atoms with Gasteiger partial charge in [-0.15, -0.1) is 0 Å². The Morgan fingerprint density at radius 2 is 2.10 bits per heavy atom. The lowest BCUT2D eigenvalue weighted by atomic mass is 10.1. The lowest BCUT2D eigenvalue weighted by Crippen LogP contribution is -2.36. The molecule has 0 fully saturated rings. The number of carbonyl (C=O) groups is 2. The molecule has 110 valence electrons. The highest BCUT2D eigenvalue weighted by molar-refractivity contribution is 7.98. The van der Waals surface area contributed by atoms with E-state index in [1.165, 1.54) is 6.07 Å². The van der Waals surface area contributed by atoms with Crippen LogP contribution >= 0.6 is 11.8 Å². The van der Waals surface area contributed by atoms with Crippen LogP contribution in [0.4, 0.5) is 10.5 Å². The summed E-state index contributed by atoms with van der Waals surface area (Å²) in [6.07, 6.45) is 2.91. The zero-order chi connectivity index (χ0) is 15.1. The summed E-state index contributed by atoms with van der Waals surface area (Å²) in [6, 6.07) is 4.58. The van der Waals surface area contributed by atoms with Gasteiger partial charge in [-0.25, -0.2) is 9.59 Å². The molecule has 0 saturated carbocycles. The minimum atomic E-state index is -1.00. The van der Waals surface area contributed by atoms with E-state index in [9.17, 15) is 9.59 Å². The van der Waals surface area contributed by atoms with Crippen molar-refractivity contribution in [2.75, 3.05) is 17.3 Å². The first-order valence-corrected chi connectivity index (χ1v) is 7.74. The molecule has 20 heavy (non-hydrogen) atoms. The van der Waals surface area contributed by atoms with Crippen LogP contribution in [0.1, 0.15) is 29.3 Å². The number of carbonyl (C=O) groups excluding carboxylic acids is 1. The zero-order valence-corrected chi connectivity index (χ0v) is 12.7. The van der Waals surface area contributed by atoms with Gasteiger partial charge in [-0.2, -0.15) is 11.8 Å². The highest BCUT2D eigenvalue weighted by atomic mass is 32.2. The number of benzene rings is 1. The van der Waals surface area contributed by atoms with Gasteiger partial charge in [-0.1, -0.05) is 6.07 Å². The zero-order valence-electron chi connectivity index (χ0n) is 11.9. The quantitative estimate of drug-likeness (QED) is 0.754. The van der Waals surface area contributed by atoms with Crippen LogP contribution in [0, 0.1) is 6.92 Å². The molecule has 1 rings (SSSR count). The van der Waals surface area contributed by atoms with Crippen LogP contribution in [0.15, 0.2) is 18.2 Å². The maximum absolute atomic E-state index is 11.8. The van der Waals surface area contributed by atoms with E-state index in [4.69, 9.17) is 5.11 Å². The van der Waals surface area contributed by atoms with Crippen LogP contribution < -0.4 is 10.6 Å². The van der Waals surface area contributed by atoms with Gasteiger partial charge in [0.05, 0.1) is 5.56 Å². The van der Waals surface area contributed by atoms with E-state index in [2.05, 4.69) is 10.6 Å². The van der Waals surface area contributed by atoms with Crippen LogP contribution in [0.2, 0.25) is 0 Å². The number of hydrogen-bond acceptors (Lipinski definition) is 3. The summed E-state index contributed by atoms with van der Waals surface area (Å²) < 4.78 is 0. The van der Waals surface area contributed by atoms with Crippen LogP contribution in [0.25, 0.3) is 0 Å². The van der Waals surface area contributed by atoms with Crippen molar-refractivity contribution in [1.82, 2.24) is 5.32 Å². The fraction of sp³-hybridized carbons (Fsp3) is 0.429. The standard InChI is InChI=1S/C14H20N2O3S/c1-9(7-8-20-3)15-14(19)16-12-6-4-5-11(10(12)2)13(17)18/h4-6,9H,7-8H2,1-3H3,(H,17,18)(H2,15,16,19). The van der Waals surface area contributed by atoms with Crippen molar-refractivity contribution in [3.8, 4) is 0 Å². The van der Waals surface area contributed by atoms with Crippen LogP contribution in [0.3, 0.4) is 0 Å². The topological polar surface area (TPSA) is 78.4 Å². The number of anilines is 1. The molecule has 1 unspecified atom stereocenters. The molecule has 5 nitrogen and oxygen atoms in total. The molecule has 0 bridgehead atoms. The molecule has 1 aromatic rings. The highest BCUT2D eigenvalue weighted by Gasteiger charge is 2.12. The number of carboxylic acids is 1. The fourth-order valence-corrected chi connectivity index (χ4v) is 2.34. The van der Waals surface area contributed by atoms with Gasteiger partial charge in [0.2, 0.25) is 0 Å². The Morgan fingerprint density at radius 3 is 2.70 bits per heavy atom. The molecule has 1 atom stereocenters. The first-order valence-electron chi connectivity index (χ1n) is 6.35. The molecular weight excluding hydrogens is 276 g/mol. The van der Waals surface area contributed by atoms with E-state index >= 15 is 0 Å². The van der Waals surface area contributed by atoms with Gasteiger partial charge in [0.25, 0.3) is 0 Å². The summed E-state index contributed by atoms with van der Waals surface area (Å²) in [5.41, 5.74) is 1.25. The lowest BCUT2D eigenvalue weighted by Gasteiger charge is -2.15. The van der Waals surface area contributed by atoms with Crippen molar-refractivity contribution in [3.63, 3.8) is 0 Å². The third kappa shape index (κ3) is 4.77. The molecule has 1 aromatic carbocycles. The number of aromatic carboxylic acids is 1. The minimum Gasteiger partial charge on any atom is -0.478 e. The number of carboxylic acid groups (broad SMARTS) is 1. The highest BCUT2D eigenvalue weighted by Crippen LogP contribution is 2.18. The van der Waals surface area contributed by atoms with E-state index in [-0.39, 0.29) is 17.6 Å². The summed E-state index contributed by atoms with van der Waals surface area (Å²) in [5.74, 6) is -0.0190. The predicted octanol–water partition coefficient (Wildman–Crippen LogP) is 2.96. The van der Waals surface area contributed by atoms with E-state index in [1.54, 1.807) is 30.8 Å². The van der Waals surface area contributed by atoms with E-state index in [0.29, 0.717) is 11.3 Å². The van der Waals surface area contributed by atoms with Crippen molar-refractivity contribution < 1.29 is 14.7 Å². The molecular formula is C14H20N2O3S. The molecule has 0 radical (unpaired) electrons. The van der Waals surface area contributed by atoms with Crippen molar-refractivity contribution in [2.45, 2.75) is 26.3 Å². The molecule has 0 heterocycles. The van der Waals surface area contributed by atoms with Gasteiger partial charge in [-0.3, -0.25) is 0 Å². The number of thioether (sulfide) groups is 1. The third-order valence-electron chi connectivity index (χ3n) is 2.94. The number of nitrogens with one attached hydrogen (secondary N) is 2. The first-order chi connectivity index (χ1) is 9.45. The molecule has 0 aromatic heterocycles. The van der Waals surface area contributed by atoms with E-state index in [0.717, 1.165) is 12.2 Å². The summed E-state index contributed by atoms with van der Waals surface area (Å²) in [5, 5.41) is 14.6. The van der Waals surface area contributed by atoms with Crippen molar-refractivity contribution in [1.29, 1.82) is 0 Å². The van der Waals surface area contributed by atoms with Gasteiger partial charge >= 0.3 is 12.0 Å². The fourth-order valence-electron chi connectivity index (χ4n) is 1.75. The molecule has 6 heteroatoms. The summed E-state index contributed by atoms with van der Waals surface area (Å²) in [4.78, 5) is 22.9. The largest absolute Gasteiger partial charge is 0.478 e. The monoisotopic (exact) mass is 296 g/mol. The summed E-state index contributed by atoms with van der Waals surface area (Å²) in [7, 11) is 0. The number of urea groups is 1. The predicted molar refractivity (Wildman–Crippen MR) is 82.8 cm³/mol. The lowest BCUT2D eigenvalue weighted by molar-refractivity contribution is 0.0696. The molecule has 0 aliphatic heterocycles. The Kier molecular flexibility index (Phi) is 6.38. The smallest absolute Gasteiger partial charge is 0.336 e. The molecule has 0 aliphatic rings. The normalized spacial score (nSPS) is 11.8. The molecule has 2 amide bonds. The third-order valence-corrected chi connectivity index (χ3v) is 3.59. The maximum atomic E-state index is 11.8. The first kappa shape index (κ1) is 16.4. The Bertz CT molecular complexity index is 491. The van der Waals surface area contributed by atoms with Crippen LogP contribution in [0.5, 0.6) is 0 Å². The summed E-state index contributed by atoms with van der Waals surface area (Å²) >= 11 is 1.73. The molecule has 0 aliphatic carbocycles. The number of amides is 2. The van der Waals surface area contributed by atoms with Gasteiger partial charge in [0.15, 0.2) is 0 Å². The number of rotatable bonds is 6. The number of hydrogen-bond donors (Lipinski definition) is 3. The van der Waals surface area contributed by atoms with Crippen molar-refractivity contribution in [3.05, 3.63) is 29.3 Å². The Balaban J connectivity index is 2.67. The average molecular weight is 296 g/mol. The second-order valence-electron chi connectivity index (χ2n) is 4.56. The van der Waals surface area contributed by atoms with E-state index < -0.39 is 5.97 Å². The van der Waals surface area contributed by atoms with E-state index in [1.807, 2.05) is 13.2 Å². The second-order valence-corrected chi connectivity index (χ2v) is 5.55. The molecule has 3 N–H and O–H groups in total. The van der Waals surface area contributed by atoms with Crippen molar-refractivity contribution >= 4 is 29.4 Å². The molecule has 0 spiro atoms. The van der Waals surface area contributed by atoms with Crippen molar-refractivity contribution in [2.24, 2.45) is 0 Å². The Hall–Kier alpha value is -1.69. The van der Waals surface area contributed by atoms with Crippen LogP contribution in [-0.2, 0) is 0 Å². The van der Waals surface area contributed by atoms with Gasteiger partial charge < -0.3 is 15.7 Å². The SMILES string of the molecule is CSCCC(C)NC(=O)Nc1cccc(C(=O)O)c1C. The Labute approximate surface area is 123 Å².